The van der Waals surface area contributed by atoms with Crippen molar-refractivity contribution in [3.63, 3.8) is 0 Å². The Morgan fingerprint density at radius 1 is 1.36 bits per heavy atom. The number of carbonyl (C=O) groups excluding carboxylic acids is 1. The summed E-state index contributed by atoms with van der Waals surface area (Å²) in [6.45, 7) is 7.57. The molecule has 0 radical (unpaired) electrons. The van der Waals surface area contributed by atoms with Crippen LogP contribution in [0.4, 0.5) is 0 Å². The summed E-state index contributed by atoms with van der Waals surface area (Å²) in [4.78, 5) is 19.0. The molecule has 25 heavy (non-hydrogen) atoms. The van der Waals surface area contributed by atoms with E-state index in [4.69, 9.17) is 9.26 Å². The van der Waals surface area contributed by atoms with Gasteiger partial charge in [0.1, 0.15) is 11.9 Å². The van der Waals surface area contributed by atoms with Crippen LogP contribution >= 0.6 is 0 Å². The minimum atomic E-state index is -0.309. The molecule has 1 amide bonds. The number of nitrogens with zero attached hydrogens (tertiary/aromatic N) is 4. The van der Waals surface area contributed by atoms with Crippen molar-refractivity contribution in [3.05, 3.63) is 29.2 Å². The number of nitrogens with one attached hydrogen (secondary N) is 1. The first-order valence-corrected chi connectivity index (χ1v) is 8.72. The van der Waals surface area contributed by atoms with Crippen LogP contribution in [0.5, 0.6) is 0 Å². The van der Waals surface area contributed by atoms with Crippen LogP contribution in [0.15, 0.2) is 10.6 Å². The molecule has 4 rings (SSSR count). The number of aromatic amines is 1. The highest BCUT2D eigenvalue weighted by Gasteiger charge is 2.33. The van der Waals surface area contributed by atoms with Gasteiger partial charge in [0, 0.05) is 23.9 Å². The van der Waals surface area contributed by atoms with Crippen LogP contribution in [0.1, 0.15) is 73.5 Å². The van der Waals surface area contributed by atoms with E-state index in [9.17, 15) is 4.79 Å². The lowest BCUT2D eigenvalue weighted by molar-refractivity contribution is -0.0270. The Balaban J connectivity index is 1.46. The first-order chi connectivity index (χ1) is 11.9. The van der Waals surface area contributed by atoms with Gasteiger partial charge in [0.15, 0.2) is 17.3 Å². The van der Waals surface area contributed by atoms with E-state index in [0.29, 0.717) is 37.1 Å². The van der Waals surface area contributed by atoms with Gasteiger partial charge >= 0.3 is 0 Å². The molecule has 0 unspecified atom stereocenters. The molecule has 1 aliphatic heterocycles. The molecule has 1 saturated heterocycles. The van der Waals surface area contributed by atoms with Crippen molar-refractivity contribution in [1.82, 2.24) is 25.2 Å². The number of aromatic nitrogens is 4. The highest BCUT2D eigenvalue weighted by atomic mass is 16.5. The average molecular weight is 345 g/mol. The number of ether oxygens (including phenoxy) is 1. The summed E-state index contributed by atoms with van der Waals surface area (Å²) in [7, 11) is 0. The first kappa shape index (κ1) is 16.3. The number of hydrogen-bond donors (Lipinski definition) is 1. The molecule has 2 aliphatic rings. The van der Waals surface area contributed by atoms with E-state index in [0.717, 1.165) is 24.4 Å². The molecule has 1 N–H and O–H groups in total. The highest BCUT2D eigenvalue weighted by molar-refractivity contribution is 5.92. The standard InChI is InChI=1S/C17H23N5O3/c1-17(2,3)16-18-14(19-20-16)13-9-22(6-7-24-13)15(23)11-8-12(25-21-11)10-4-5-10/h8,10,13H,4-7,9H2,1-3H3,(H,18,19,20)/t13-/m1/s1. The predicted molar refractivity (Wildman–Crippen MR) is 88.2 cm³/mol. The first-order valence-electron chi connectivity index (χ1n) is 8.72. The Hall–Kier alpha value is -2.22. The zero-order valence-electron chi connectivity index (χ0n) is 14.8. The smallest absolute Gasteiger partial charge is 0.276 e. The zero-order chi connectivity index (χ0) is 17.6. The van der Waals surface area contributed by atoms with Gasteiger partial charge in [-0.25, -0.2) is 4.98 Å². The van der Waals surface area contributed by atoms with Crippen LogP contribution in [0.25, 0.3) is 0 Å². The van der Waals surface area contributed by atoms with Crippen LogP contribution < -0.4 is 0 Å². The lowest BCUT2D eigenvalue weighted by Crippen LogP contribution is -2.42. The van der Waals surface area contributed by atoms with Gasteiger partial charge in [-0.05, 0) is 12.8 Å². The molecule has 0 bridgehead atoms. The van der Waals surface area contributed by atoms with Gasteiger partial charge in [-0.1, -0.05) is 25.9 Å². The monoisotopic (exact) mass is 345 g/mol. The second-order valence-electron chi connectivity index (χ2n) is 7.79. The Bertz CT molecular complexity index is 771. The molecule has 1 saturated carbocycles. The second kappa shape index (κ2) is 5.94. The van der Waals surface area contributed by atoms with Crippen molar-refractivity contribution in [2.75, 3.05) is 19.7 Å². The van der Waals surface area contributed by atoms with Gasteiger partial charge < -0.3 is 14.2 Å². The molecule has 2 aromatic rings. The molecule has 3 heterocycles. The van der Waals surface area contributed by atoms with Crippen molar-refractivity contribution in [3.8, 4) is 0 Å². The fourth-order valence-electron chi connectivity index (χ4n) is 2.87. The Morgan fingerprint density at radius 2 is 2.16 bits per heavy atom. The van der Waals surface area contributed by atoms with Crippen molar-refractivity contribution in [1.29, 1.82) is 0 Å². The number of hydrogen-bond acceptors (Lipinski definition) is 6. The van der Waals surface area contributed by atoms with E-state index < -0.39 is 0 Å². The summed E-state index contributed by atoms with van der Waals surface area (Å²) in [6.07, 6.45) is 1.92. The fourth-order valence-corrected chi connectivity index (χ4v) is 2.87. The van der Waals surface area contributed by atoms with Crippen LogP contribution in [0.3, 0.4) is 0 Å². The molecule has 8 nitrogen and oxygen atoms in total. The molecular weight excluding hydrogens is 322 g/mol. The minimum Gasteiger partial charge on any atom is -0.367 e. The third-order valence-electron chi connectivity index (χ3n) is 4.56. The topological polar surface area (TPSA) is 97.1 Å². The number of H-pyrrole nitrogens is 1. The maximum Gasteiger partial charge on any atom is 0.276 e. The fraction of sp³-hybridized carbons (Fsp3) is 0.647. The molecule has 0 spiro atoms. The van der Waals surface area contributed by atoms with E-state index in [1.165, 1.54) is 0 Å². The van der Waals surface area contributed by atoms with Gasteiger partial charge in [0.25, 0.3) is 5.91 Å². The SMILES string of the molecule is CC(C)(C)c1n[nH]c([C@H]2CN(C(=O)c3cc(C4CC4)on3)CCO2)n1. The zero-order valence-corrected chi connectivity index (χ0v) is 14.8. The molecule has 134 valence electrons. The summed E-state index contributed by atoms with van der Waals surface area (Å²) < 4.78 is 11.1. The third kappa shape index (κ3) is 3.30. The highest BCUT2D eigenvalue weighted by Crippen LogP contribution is 2.40. The number of rotatable bonds is 3. The van der Waals surface area contributed by atoms with E-state index in [2.05, 4.69) is 41.1 Å². The minimum absolute atomic E-state index is 0.125. The van der Waals surface area contributed by atoms with E-state index in [1.807, 2.05) is 0 Å². The van der Waals surface area contributed by atoms with Gasteiger partial charge in [-0.2, -0.15) is 5.10 Å². The van der Waals surface area contributed by atoms with Crippen LogP contribution in [-0.2, 0) is 10.2 Å². The van der Waals surface area contributed by atoms with Crippen LogP contribution in [0.2, 0.25) is 0 Å². The van der Waals surface area contributed by atoms with E-state index in [-0.39, 0.29) is 17.4 Å². The van der Waals surface area contributed by atoms with Crippen molar-refractivity contribution >= 4 is 5.91 Å². The normalized spacial score (nSPS) is 21.6. The Morgan fingerprint density at radius 3 is 2.84 bits per heavy atom. The van der Waals surface area contributed by atoms with Gasteiger partial charge in [0.2, 0.25) is 0 Å². The average Bonchev–Trinajstić information content (AvgIpc) is 3.12. The maximum absolute atomic E-state index is 12.7. The summed E-state index contributed by atoms with van der Waals surface area (Å²) in [5, 5.41) is 11.2. The summed E-state index contributed by atoms with van der Waals surface area (Å²) in [6, 6.07) is 1.77. The maximum atomic E-state index is 12.7. The second-order valence-corrected chi connectivity index (χ2v) is 7.79. The van der Waals surface area contributed by atoms with Crippen molar-refractivity contribution in [2.45, 2.75) is 51.0 Å². The molecule has 1 atom stereocenters. The van der Waals surface area contributed by atoms with Gasteiger partial charge in [-0.15, -0.1) is 0 Å². The molecule has 2 fully saturated rings. The summed E-state index contributed by atoms with van der Waals surface area (Å²) in [5.41, 5.74) is 0.231. The van der Waals surface area contributed by atoms with Gasteiger partial charge in [0.05, 0.1) is 13.2 Å². The number of morpholine rings is 1. The van der Waals surface area contributed by atoms with Crippen molar-refractivity contribution in [2.24, 2.45) is 0 Å². The Labute approximate surface area is 145 Å². The molecule has 8 heteroatoms. The number of amides is 1. The quantitative estimate of drug-likeness (QED) is 0.916. The van der Waals surface area contributed by atoms with E-state index >= 15 is 0 Å². The lowest BCUT2D eigenvalue weighted by Gasteiger charge is -2.31. The largest absolute Gasteiger partial charge is 0.367 e. The molecular formula is C17H23N5O3. The Kier molecular flexibility index (Phi) is 3.87. The van der Waals surface area contributed by atoms with Crippen LogP contribution in [0, 0.1) is 0 Å². The van der Waals surface area contributed by atoms with E-state index in [1.54, 1.807) is 11.0 Å². The van der Waals surface area contributed by atoms with Crippen LogP contribution in [-0.4, -0.2) is 50.8 Å². The molecule has 1 aliphatic carbocycles. The van der Waals surface area contributed by atoms with Gasteiger partial charge in [-0.3, -0.25) is 9.89 Å². The molecule has 2 aromatic heterocycles. The third-order valence-corrected chi connectivity index (χ3v) is 4.56. The lowest BCUT2D eigenvalue weighted by atomic mass is 9.96. The predicted octanol–water partition coefficient (Wildman–Crippen LogP) is 2.18. The summed E-state index contributed by atoms with van der Waals surface area (Å²) in [5.74, 6) is 2.52. The molecule has 0 aromatic carbocycles. The number of carbonyl (C=O) groups is 1. The van der Waals surface area contributed by atoms with Crippen molar-refractivity contribution < 1.29 is 14.1 Å². The summed E-state index contributed by atoms with van der Waals surface area (Å²) >= 11 is 0.